The predicted octanol–water partition coefficient (Wildman–Crippen LogP) is 5.58. The van der Waals surface area contributed by atoms with Crippen LogP contribution >= 0.6 is 11.3 Å². The number of fused-ring (bicyclic) bond motifs is 1. The summed E-state index contributed by atoms with van der Waals surface area (Å²) in [4.78, 5) is 11.9. The fraction of sp³-hybridized carbons (Fsp3) is 0.500. The van der Waals surface area contributed by atoms with E-state index in [0.29, 0.717) is 17.4 Å². The summed E-state index contributed by atoms with van der Waals surface area (Å²) in [6.07, 6.45) is 9.24. The molecule has 3 aromatic rings. The van der Waals surface area contributed by atoms with Crippen molar-refractivity contribution in [3.8, 4) is 0 Å². The molecule has 8 nitrogen and oxygen atoms in total. The molecule has 0 amide bonds. The van der Waals surface area contributed by atoms with E-state index in [0.717, 1.165) is 64.7 Å². The summed E-state index contributed by atoms with van der Waals surface area (Å²) in [6, 6.07) is 5.88. The molecule has 0 aromatic carbocycles. The van der Waals surface area contributed by atoms with Gasteiger partial charge in [0.25, 0.3) is 0 Å². The first-order chi connectivity index (χ1) is 17.0. The van der Waals surface area contributed by atoms with Crippen molar-refractivity contribution in [3.05, 3.63) is 41.2 Å². The van der Waals surface area contributed by atoms with Gasteiger partial charge in [-0.3, -0.25) is 4.98 Å². The van der Waals surface area contributed by atoms with E-state index in [1.54, 1.807) is 11.3 Å². The second kappa shape index (κ2) is 12.2. The Bertz CT molecular complexity index is 1160. The third-order valence-corrected chi connectivity index (χ3v) is 7.22. The Morgan fingerprint density at radius 1 is 1.20 bits per heavy atom. The van der Waals surface area contributed by atoms with E-state index < -0.39 is 0 Å². The summed E-state index contributed by atoms with van der Waals surface area (Å²) in [6.45, 7) is 10.8. The first kappa shape index (κ1) is 25.2. The topological polar surface area (TPSA) is 103 Å². The Morgan fingerprint density at radius 2 is 2.03 bits per heavy atom. The number of anilines is 2. The minimum atomic E-state index is 0.344. The molecule has 186 valence electrons. The number of nitrogens with one attached hydrogen (secondary N) is 3. The van der Waals surface area contributed by atoms with Gasteiger partial charge >= 0.3 is 0 Å². The molecule has 9 heteroatoms. The lowest BCUT2D eigenvalue weighted by Gasteiger charge is -2.14. The standard InChI is InChI=1S/C26H36N8S/c1-4-8-21(27)20(17-28-11-7-14-34-12-5-6-13-34)19-15-23-22(29-16-19)9-10-24(30-23)31-26-33-32-25(35-26)18(2)3/h9-10,15-18,27-28H,4-8,11-14H2,1-3H3,(H,30,31,33)/b20-17-,27-21?. The molecule has 0 atom stereocenters. The van der Waals surface area contributed by atoms with Crippen molar-refractivity contribution in [2.75, 3.05) is 31.5 Å². The van der Waals surface area contributed by atoms with E-state index in [1.165, 1.54) is 25.9 Å². The zero-order valence-electron chi connectivity index (χ0n) is 21.0. The summed E-state index contributed by atoms with van der Waals surface area (Å²) in [7, 11) is 0. The largest absolute Gasteiger partial charge is 0.390 e. The SMILES string of the molecule is CCCC(=N)/C(=C\NCCCN1CCCC1)c1cnc2ccc(Nc3nnc(C(C)C)s3)nc2c1. The van der Waals surface area contributed by atoms with Gasteiger partial charge in [0.1, 0.15) is 10.8 Å². The molecule has 4 heterocycles. The Labute approximate surface area is 211 Å². The van der Waals surface area contributed by atoms with E-state index in [-0.39, 0.29) is 0 Å². The van der Waals surface area contributed by atoms with Crippen LogP contribution in [0.4, 0.5) is 10.9 Å². The maximum Gasteiger partial charge on any atom is 0.211 e. The molecule has 0 spiro atoms. The van der Waals surface area contributed by atoms with Gasteiger partial charge in [0.2, 0.25) is 5.13 Å². The predicted molar refractivity (Wildman–Crippen MR) is 146 cm³/mol. The number of rotatable bonds is 12. The van der Waals surface area contributed by atoms with Gasteiger partial charge in [0.05, 0.1) is 11.0 Å². The van der Waals surface area contributed by atoms with E-state index in [9.17, 15) is 0 Å². The van der Waals surface area contributed by atoms with Gasteiger partial charge in [-0.15, -0.1) is 10.2 Å². The van der Waals surface area contributed by atoms with Crippen molar-refractivity contribution in [1.29, 1.82) is 5.41 Å². The molecule has 0 bridgehead atoms. The summed E-state index contributed by atoms with van der Waals surface area (Å²) in [5, 5.41) is 25.6. The van der Waals surface area contributed by atoms with Gasteiger partial charge in [-0.1, -0.05) is 38.5 Å². The molecule has 3 aromatic heterocycles. The van der Waals surface area contributed by atoms with E-state index >= 15 is 0 Å². The third kappa shape index (κ3) is 6.82. The highest BCUT2D eigenvalue weighted by atomic mass is 32.1. The molecule has 1 fully saturated rings. The number of pyridine rings is 2. The van der Waals surface area contributed by atoms with Crippen molar-refractivity contribution in [3.63, 3.8) is 0 Å². The Hall–Kier alpha value is -2.91. The van der Waals surface area contributed by atoms with Crippen LogP contribution in [0.1, 0.15) is 69.4 Å². The van der Waals surface area contributed by atoms with Crippen LogP contribution in [0.2, 0.25) is 0 Å². The number of aromatic nitrogens is 4. The molecule has 0 aliphatic carbocycles. The Kier molecular flexibility index (Phi) is 8.76. The molecule has 35 heavy (non-hydrogen) atoms. The molecule has 3 N–H and O–H groups in total. The highest BCUT2D eigenvalue weighted by molar-refractivity contribution is 7.15. The molecule has 1 saturated heterocycles. The van der Waals surface area contributed by atoms with Crippen LogP contribution in [0.15, 0.2) is 30.6 Å². The van der Waals surface area contributed by atoms with Gasteiger partial charge in [-0.2, -0.15) is 0 Å². The van der Waals surface area contributed by atoms with Crippen molar-refractivity contribution >= 4 is 44.6 Å². The van der Waals surface area contributed by atoms with Crippen molar-refractivity contribution in [1.82, 2.24) is 30.4 Å². The zero-order chi connectivity index (χ0) is 24.6. The number of nitrogens with zero attached hydrogens (tertiary/aromatic N) is 5. The van der Waals surface area contributed by atoms with Crippen LogP contribution in [0.3, 0.4) is 0 Å². The first-order valence-electron chi connectivity index (χ1n) is 12.6. The third-order valence-electron chi connectivity index (χ3n) is 6.08. The van der Waals surface area contributed by atoms with Crippen LogP contribution in [0, 0.1) is 5.41 Å². The minimum Gasteiger partial charge on any atom is -0.390 e. The average Bonchev–Trinajstić information content (AvgIpc) is 3.53. The second-order valence-corrected chi connectivity index (χ2v) is 10.3. The van der Waals surface area contributed by atoms with Gasteiger partial charge in [0.15, 0.2) is 0 Å². The highest BCUT2D eigenvalue weighted by Crippen LogP contribution is 2.26. The molecule has 4 rings (SSSR count). The van der Waals surface area contributed by atoms with Gasteiger partial charge in [-0.05, 0) is 63.5 Å². The average molecular weight is 493 g/mol. The number of likely N-dealkylation sites (tertiary alicyclic amines) is 1. The molecule has 0 saturated carbocycles. The van der Waals surface area contributed by atoms with Gasteiger partial charge < -0.3 is 20.9 Å². The monoisotopic (exact) mass is 492 g/mol. The number of hydrogen-bond acceptors (Lipinski definition) is 9. The van der Waals surface area contributed by atoms with Crippen LogP contribution in [0.25, 0.3) is 16.6 Å². The van der Waals surface area contributed by atoms with Crippen molar-refractivity contribution in [2.24, 2.45) is 0 Å². The second-order valence-electron chi connectivity index (χ2n) is 9.33. The Morgan fingerprint density at radius 3 is 2.77 bits per heavy atom. The normalized spacial score (nSPS) is 14.7. The van der Waals surface area contributed by atoms with Crippen LogP contribution in [0.5, 0.6) is 0 Å². The summed E-state index contributed by atoms with van der Waals surface area (Å²) < 4.78 is 0. The van der Waals surface area contributed by atoms with Crippen molar-refractivity contribution < 1.29 is 0 Å². The molecule has 1 aliphatic heterocycles. The summed E-state index contributed by atoms with van der Waals surface area (Å²) in [5.74, 6) is 1.05. The minimum absolute atomic E-state index is 0.344. The first-order valence-corrected chi connectivity index (χ1v) is 13.5. The Balaban J connectivity index is 1.49. The molecular formula is C26H36N8S. The maximum atomic E-state index is 8.64. The fourth-order valence-electron chi connectivity index (χ4n) is 4.17. The quantitative estimate of drug-likeness (QED) is 0.224. The maximum absolute atomic E-state index is 8.64. The highest BCUT2D eigenvalue weighted by Gasteiger charge is 2.13. The number of hydrogen-bond donors (Lipinski definition) is 3. The zero-order valence-corrected chi connectivity index (χ0v) is 21.8. The molecule has 1 aliphatic rings. The number of allylic oxidation sites excluding steroid dienone is 1. The van der Waals surface area contributed by atoms with Gasteiger partial charge in [0, 0.05) is 41.7 Å². The molecule has 0 radical (unpaired) electrons. The lowest BCUT2D eigenvalue weighted by atomic mass is 10.00. The molecule has 0 unspecified atom stereocenters. The lowest BCUT2D eigenvalue weighted by Crippen LogP contribution is -2.23. The fourth-order valence-corrected chi connectivity index (χ4v) is 4.92. The van der Waals surface area contributed by atoms with E-state index in [4.69, 9.17) is 10.4 Å². The van der Waals surface area contributed by atoms with Crippen LogP contribution in [-0.2, 0) is 0 Å². The van der Waals surface area contributed by atoms with Gasteiger partial charge in [-0.25, -0.2) is 4.98 Å². The summed E-state index contributed by atoms with van der Waals surface area (Å²) >= 11 is 1.54. The van der Waals surface area contributed by atoms with Crippen LogP contribution < -0.4 is 10.6 Å². The van der Waals surface area contributed by atoms with E-state index in [2.05, 4.69) is 51.5 Å². The smallest absolute Gasteiger partial charge is 0.211 e. The van der Waals surface area contributed by atoms with Crippen LogP contribution in [-0.4, -0.2) is 57.0 Å². The van der Waals surface area contributed by atoms with Crippen molar-refractivity contribution in [2.45, 2.75) is 58.8 Å². The van der Waals surface area contributed by atoms with E-state index in [1.807, 2.05) is 30.6 Å². The summed E-state index contributed by atoms with van der Waals surface area (Å²) in [5.41, 5.74) is 4.01. The lowest BCUT2D eigenvalue weighted by molar-refractivity contribution is 0.333. The molecular weight excluding hydrogens is 456 g/mol.